The standard InChI is InChI=1S/C9H10N2.C9H11NO2/c1-8-4-2-3-5-9(8)11-7-6-10;1-7-4-2-3-5-8(7)10-6-9(11)12/h2-5,11H,7H2,1H3;2-5,10H,6H2,1H3,(H,11,12). The lowest BCUT2D eigenvalue weighted by atomic mass is 10.2. The molecule has 5 nitrogen and oxygen atoms in total. The van der Waals surface area contributed by atoms with Crippen LogP contribution >= 0.6 is 0 Å². The van der Waals surface area contributed by atoms with Crippen molar-refractivity contribution < 1.29 is 9.90 Å². The van der Waals surface area contributed by atoms with Crippen LogP contribution in [0.5, 0.6) is 0 Å². The third kappa shape index (κ3) is 7.00. The monoisotopic (exact) mass is 311 g/mol. The summed E-state index contributed by atoms with van der Waals surface area (Å²) < 4.78 is 0. The molecule has 0 aliphatic carbocycles. The van der Waals surface area contributed by atoms with Gasteiger partial charge in [0.25, 0.3) is 0 Å². The van der Waals surface area contributed by atoms with Crippen LogP contribution in [0, 0.1) is 25.2 Å². The van der Waals surface area contributed by atoms with E-state index in [9.17, 15) is 4.79 Å². The fraction of sp³-hybridized carbons (Fsp3) is 0.222. The molecule has 0 aliphatic rings. The third-order valence-corrected chi connectivity index (χ3v) is 3.08. The Morgan fingerprint density at radius 2 is 1.48 bits per heavy atom. The van der Waals surface area contributed by atoms with Crippen LogP contribution in [-0.2, 0) is 4.79 Å². The molecule has 0 aromatic heterocycles. The van der Waals surface area contributed by atoms with E-state index < -0.39 is 5.97 Å². The average molecular weight is 311 g/mol. The Balaban J connectivity index is 0.000000231. The van der Waals surface area contributed by atoms with E-state index in [0.717, 1.165) is 16.9 Å². The van der Waals surface area contributed by atoms with E-state index in [1.54, 1.807) is 0 Å². The molecule has 0 saturated carbocycles. The van der Waals surface area contributed by atoms with Crippen LogP contribution in [0.4, 0.5) is 11.4 Å². The molecule has 0 saturated heterocycles. The molecule has 0 aliphatic heterocycles. The molecule has 3 N–H and O–H groups in total. The van der Waals surface area contributed by atoms with Gasteiger partial charge in [-0.05, 0) is 37.1 Å². The number of hydrogen-bond acceptors (Lipinski definition) is 4. The number of nitriles is 1. The zero-order chi connectivity index (χ0) is 17.1. The van der Waals surface area contributed by atoms with E-state index in [1.165, 1.54) is 5.56 Å². The van der Waals surface area contributed by atoms with Crippen LogP contribution in [0.3, 0.4) is 0 Å². The largest absolute Gasteiger partial charge is 0.480 e. The first-order valence-corrected chi connectivity index (χ1v) is 7.22. The second kappa shape index (κ2) is 9.85. The summed E-state index contributed by atoms with van der Waals surface area (Å²) in [6, 6.07) is 17.5. The first kappa shape index (κ1) is 18.1. The summed E-state index contributed by atoms with van der Waals surface area (Å²) in [5.74, 6) is -0.849. The molecule has 2 rings (SSSR count). The Bertz CT molecular complexity index is 678. The van der Waals surface area contributed by atoms with Crippen molar-refractivity contribution in [2.75, 3.05) is 23.7 Å². The quantitative estimate of drug-likeness (QED) is 0.737. The van der Waals surface area contributed by atoms with Gasteiger partial charge in [0.15, 0.2) is 0 Å². The molecule has 0 heterocycles. The van der Waals surface area contributed by atoms with Gasteiger partial charge in [-0.3, -0.25) is 4.79 Å². The molecule has 2 aromatic carbocycles. The number of rotatable bonds is 5. The zero-order valence-corrected chi connectivity index (χ0v) is 13.3. The highest BCUT2D eigenvalue weighted by molar-refractivity contribution is 5.73. The molecule has 0 unspecified atom stereocenters. The summed E-state index contributed by atoms with van der Waals surface area (Å²) in [4.78, 5) is 10.2. The number of anilines is 2. The van der Waals surface area contributed by atoms with Gasteiger partial charge < -0.3 is 15.7 Å². The lowest BCUT2D eigenvalue weighted by molar-refractivity contribution is -0.134. The number of aliphatic carboxylic acids is 1. The van der Waals surface area contributed by atoms with Gasteiger partial charge in [-0.2, -0.15) is 5.26 Å². The Kier molecular flexibility index (Phi) is 7.73. The topological polar surface area (TPSA) is 85.2 Å². The molecule has 0 amide bonds. The van der Waals surface area contributed by atoms with Crippen molar-refractivity contribution in [3.8, 4) is 6.07 Å². The summed E-state index contributed by atoms with van der Waals surface area (Å²) in [6.07, 6.45) is 0. The number of aryl methyl sites for hydroxylation is 2. The Labute approximate surface area is 136 Å². The maximum atomic E-state index is 10.2. The van der Waals surface area contributed by atoms with Crippen molar-refractivity contribution in [3.05, 3.63) is 59.7 Å². The van der Waals surface area contributed by atoms with Crippen LogP contribution in [-0.4, -0.2) is 24.2 Å². The first-order chi connectivity index (χ1) is 11.0. The number of benzene rings is 2. The van der Waals surface area contributed by atoms with E-state index in [2.05, 4.69) is 10.6 Å². The van der Waals surface area contributed by atoms with Gasteiger partial charge in [0.1, 0.15) is 13.1 Å². The number of nitrogens with one attached hydrogen (secondary N) is 2. The van der Waals surface area contributed by atoms with Crippen molar-refractivity contribution in [2.24, 2.45) is 0 Å². The van der Waals surface area contributed by atoms with Gasteiger partial charge in [0, 0.05) is 11.4 Å². The van der Waals surface area contributed by atoms with Gasteiger partial charge in [-0.15, -0.1) is 0 Å². The first-order valence-electron chi connectivity index (χ1n) is 7.22. The minimum atomic E-state index is -0.849. The normalized spacial score (nSPS) is 9.09. The maximum absolute atomic E-state index is 10.2. The van der Waals surface area contributed by atoms with Crippen molar-refractivity contribution in [3.63, 3.8) is 0 Å². The van der Waals surface area contributed by atoms with Crippen molar-refractivity contribution in [1.82, 2.24) is 0 Å². The molecule has 0 radical (unpaired) electrons. The number of para-hydroxylation sites is 2. The van der Waals surface area contributed by atoms with Crippen LogP contribution in [0.15, 0.2) is 48.5 Å². The smallest absolute Gasteiger partial charge is 0.322 e. The van der Waals surface area contributed by atoms with Gasteiger partial charge in [-0.25, -0.2) is 0 Å². The van der Waals surface area contributed by atoms with Crippen LogP contribution in [0.2, 0.25) is 0 Å². The van der Waals surface area contributed by atoms with Gasteiger partial charge in [0.2, 0.25) is 0 Å². The minimum Gasteiger partial charge on any atom is -0.480 e. The van der Waals surface area contributed by atoms with E-state index in [0.29, 0.717) is 6.54 Å². The summed E-state index contributed by atoms with van der Waals surface area (Å²) >= 11 is 0. The van der Waals surface area contributed by atoms with Crippen LogP contribution < -0.4 is 10.6 Å². The average Bonchev–Trinajstić information content (AvgIpc) is 2.54. The predicted octanol–water partition coefficient (Wildman–Crippen LogP) is 3.42. The van der Waals surface area contributed by atoms with E-state index in [4.69, 9.17) is 10.4 Å². The maximum Gasteiger partial charge on any atom is 0.322 e. The summed E-state index contributed by atoms with van der Waals surface area (Å²) in [6.45, 7) is 4.28. The number of carboxylic acid groups (broad SMARTS) is 1. The highest BCUT2D eigenvalue weighted by atomic mass is 16.4. The van der Waals surface area contributed by atoms with E-state index >= 15 is 0 Å². The Morgan fingerprint density at radius 3 is 1.91 bits per heavy atom. The molecular weight excluding hydrogens is 290 g/mol. The fourth-order valence-corrected chi connectivity index (χ4v) is 1.85. The molecule has 5 heteroatoms. The van der Waals surface area contributed by atoms with Crippen molar-refractivity contribution in [1.29, 1.82) is 5.26 Å². The minimum absolute atomic E-state index is 0.0369. The van der Waals surface area contributed by atoms with Gasteiger partial charge in [0.05, 0.1) is 6.07 Å². The van der Waals surface area contributed by atoms with Crippen LogP contribution in [0.25, 0.3) is 0 Å². The molecule has 0 spiro atoms. The predicted molar refractivity (Wildman–Crippen MR) is 92.6 cm³/mol. The van der Waals surface area contributed by atoms with Crippen LogP contribution in [0.1, 0.15) is 11.1 Å². The Hall–Kier alpha value is -3.00. The van der Waals surface area contributed by atoms with E-state index in [-0.39, 0.29) is 6.54 Å². The molecular formula is C18H21N3O2. The second-order valence-electron chi connectivity index (χ2n) is 4.89. The Morgan fingerprint density at radius 1 is 1.00 bits per heavy atom. The molecule has 0 fully saturated rings. The second-order valence-corrected chi connectivity index (χ2v) is 4.89. The number of carboxylic acids is 1. The lowest BCUT2D eigenvalue weighted by Gasteiger charge is -2.05. The SMILES string of the molecule is Cc1ccccc1NCC#N.Cc1ccccc1NCC(=O)O. The van der Waals surface area contributed by atoms with Crippen molar-refractivity contribution in [2.45, 2.75) is 13.8 Å². The van der Waals surface area contributed by atoms with E-state index in [1.807, 2.05) is 68.4 Å². The number of carbonyl (C=O) groups is 1. The number of nitrogens with zero attached hydrogens (tertiary/aromatic N) is 1. The highest BCUT2D eigenvalue weighted by Gasteiger charge is 1.98. The molecule has 2 aromatic rings. The number of hydrogen-bond donors (Lipinski definition) is 3. The fourth-order valence-electron chi connectivity index (χ4n) is 1.85. The molecule has 0 bridgehead atoms. The lowest BCUT2D eigenvalue weighted by Crippen LogP contribution is -2.12. The molecule has 23 heavy (non-hydrogen) atoms. The van der Waals surface area contributed by atoms with Gasteiger partial charge >= 0.3 is 5.97 Å². The van der Waals surface area contributed by atoms with Crippen molar-refractivity contribution >= 4 is 17.3 Å². The highest BCUT2D eigenvalue weighted by Crippen LogP contribution is 2.12. The molecule has 120 valence electrons. The summed E-state index contributed by atoms with van der Waals surface area (Å²) in [5, 5.41) is 22.5. The summed E-state index contributed by atoms with van der Waals surface area (Å²) in [5.41, 5.74) is 4.13. The summed E-state index contributed by atoms with van der Waals surface area (Å²) in [7, 11) is 0. The zero-order valence-electron chi connectivity index (χ0n) is 13.3. The third-order valence-electron chi connectivity index (χ3n) is 3.08. The van der Waals surface area contributed by atoms with Gasteiger partial charge in [-0.1, -0.05) is 36.4 Å². The molecule has 0 atom stereocenters.